The number of aromatic nitrogens is 1. The summed E-state index contributed by atoms with van der Waals surface area (Å²) in [6.07, 6.45) is -2.78. The van der Waals surface area contributed by atoms with Crippen LogP contribution >= 0.6 is 0 Å². The molecule has 19 heteroatoms. The monoisotopic (exact) mass is 850 g/mol. The summed E-state index contributed by atoms with van der Waals surface area (Å²) < 4.78 is 84.1. The number of nitrogens with one attached hydrogen (secondary N) is 2. The molecule has 3 fully saturated rings. The number of pyridine rings is 1. The topological polar surface area (TPSA) is 188 Å². The van der Waals surface area contributed by atoms with Crippen molar-refractivity contribution in [3.05, 3.63) is 36.4 Å². The number of halogens is 3. The first-order chi connectivity index (χ1) is 27.5. The summed E-state index contributed by atoms with van der Waals surface area (Å²) in [6.45, 7) is 4.41. The maximum Gasteiger partial charge on any atom is 0.411 e. The van der Waals surface area contributed by atoms with Gasteiger partial charge in [0.05, 0.1) is 18.9 Å². The standard InChI is InChI=1S/C40H53F3N6O9S/c1-22-10-8-9-11-25-20-39(25,36(52)46-59(55,56)28-13-14-28)45-33(50)30-19-27(58-34-29-15-12-26(57-7)17-24(29)18-31(44-34)47(5)6)21-48(30)35(51)32(23(2)16-22)49(37(53)54)38(3,4)40(41,42)43/h9,11-12,15,17-18,22-23,25,27-28,30,32H,8,10,13-14,16,19-21H2,1-7H3,(H,45,50)(H,46,52)(H,53,54)/t22-,23-,25-,27-,30+,32+,39-/m1/s1. The van der Waals surface area contributed by atoms with E-state index in [2.05, 4.69) is 15.0 Å². The number of methoxy groups -OCH3 is 1. The van der Waals surface area contributed by atoms with Gasteiger partial charge in [0.25, 0.3) is 5.91 Å². The lowest BCUT2D eigenvalue weighted by Gasteiger charge is -2.45. The van der Waals surface area contributed by atoms with Gasteiger partial charge >= 0.3 is 12.3 Å². The molecule has 4 aliphatic rings. The molecule has 2 aromatic rings. The van der Waals surface area contributed by atoms with Gasteiger partial charge in [-0.15, -0.1) is 0 Å². The highest BCUT2D eigenvalue weighted by Crippen LogP contribution is 2.47. The van der Waals surface area contributed by atoms with Crippen molar-refractivity contribution in [3.8, 4) is 11.6 Å². The van der Waals surface area contributed by atoms with Crippen LogP contribution in [0.1, 0.15) is 72.6 Å². The molecule has 1 aromatic heterocycles. The number of carbonyl (C=O) groups is 4. The van der Waals surface area contributed by atoms with E-state index in [1.165, 1.54) is 14.0 Å². The zero-order valence-electron chi connectivity index (χ0n) is 34.2. The number of carboxylic acid groups (broad SMARTS) is 1. The van der Waals surface area contributed by atoms with Crippen molar-refractivity contribution in [1.29, 1.82) is 0 Å². The number of rotatable bonds is 9. The molecule has 6 rings (SSSR count). The van der Waals surface area contributed by atoms with Gasteiger partial charge in [0.2, 0.25) is 27.7 Å². The Hall–Kier alpha value is -4.81. The lowest BCUT2D eigenvalue weighted by atomic mass is 9.85. The first kappa shape index (κ1) is 43.8. The van der Waals surface area contributed by atoms with Gasteiger partial charge in [0, 0.05) is 31.8 Å². The fourth-order valence-electron chi connectivity index (χ4n) is 8.28. The normalized spacial score (nSPS) is 28.1. The fraction of sp³-hybridized carbons (Fsp3) is 0.625. The van der Waals surface area contributed by atoms with Crippen LogP contribution in [0.2, 0.25) is 0 Å². The highest BCUT2D eigenvalue weighted by atomic mass is 32.2. The van der Waals surface area contributed by atoms with Gasteiger partial charge < -0.3 is 29.7 Å². The predicted octanol–water partition coefficient (Wildman–Crippen LogP) is 4.84. The van der Waals surface area contributed by atoms with Gasteiger partial charge in [-0.2, -0.15) is 18.2 Å². The van der Waals surface area contributed by atoms with Gasteiger partial charge in [-0.1, -0.05) is 26.0 Å². The number of hydrogen-bond donors (Lipinski definition) is 3. The number of sulfonamides is 1. The number of fused-ring (bicyclic) bond motifs is 3. The van der Waals surface area contributed by atoms with Gasteiger partial charge in [-0.05, 0) is 93.9 Å². The van der Waals surface area contributed by atoms with Gasteiger partial charge in [0.1, 0.15) is 40.8 Å². The summed E-state index contributed by atoms with van der Waals surface area (Å²) >= 11 is 0. The van der Waals surface area contributed by atoms with Crippen molar-refractivity contribution < 1.29 is 55.3 Å². The third-order valence-electron chi connectivity index (χ3n) is 12.1. The van der Waals surface area contributed by atoms with Crippen LogP contribution in [0.25, 0.3) is 10.8 Å². The maximum atomic E-state index is 15.1. The smallest absolute Gasteiger partial charge is 0.411 e. The number of hydrogen-bond acceptors (Lipinski definition) is 10. The van der Waals surface area contributed by atoms with E-state index in [-0.39, 0.29) is 42.5 Å². The zero-order valence-corrected chi connectivity index (χ0v) is 35.0. The first-order valence-corrected chi connectivity index (χ1v) is 21.3. The summed E-state index contributed by atoms with van der Waals surface area (Å²) in [4.78, 5) is 64.1. The predicted molar refractivity (Wildman–Crippen MR) is 211 cm³/mol. The minimum Gasteiger partial charge on any atom is -0.497 e. The van der Waals surface area contributed by atoms with Crippen LogP contribution in [0.3, 0.4) is 0 Å². The van der Waals surface area contributed by atoms with E-state index in [1.54, 1.807) is 43.3 Å². The molecule has 7 atom stereocenters. The molecule has 15 nitrogen and oxygen atoms in total. The third kappa shape index (κ3) is 8.75. The maximum absolute atomic E-state index is 15.1. The Morgan fingerprint density at radius 3 is 2.39 bits per heavy atom. The number of alkyl halides is 3. The fourth-order valence-corrected chi connectivity index (χ4v) is 9.64. The van der Waals surface area contributed by atoms with Crippen LogP contribution in [0, 0.1) is 17.8 Å². The van der Waals surface area contributed by atoms with Crippen molar-refractivity contribution in [1.82, 2.24) is 24.8 Å². The van der Waals surface area contributed by atoms with Crippen LogP contribution < -0.4 is 24.4 Å². The average Bonchev–Trinajstić information content (AvgIpc) is 4.07. The Bertz CT molecular complexity index is 2130. The molecule has 324 valence electrons. The zero-order chi connectivity index (χ0) is 43.4. The van der Waals surface area contributed by atoms with E-state index in [0.717, 1.165) is 4.90 Å². The highest BCUT2D eigenvalue weighted by Gasteiger charge is 2.63. The summed E-state index contributed by atoms with van der Waals surface area (Å²) in [6, 6.07) is 3.63. The molecule has 1 aromatic carbocycles. The molecule has 0 bridgehead atoms. The first-order valence-electron chi connectivity index (χ1n) is 19.8. The van der Waals surface area contributed by atoms with Crippen LogP contribution in [0.15, 0.2) is 36.4 Å². The largest absolute Gasteiger partial charge is 0.497 e. The third-order valence-corrected chi connectivity index (χ3v) is 13.9. The van der Waals surface area contributed by atoms with Crippen LogP contribution in [-0.4, -0.2) is 121 Å². The van der Waals surface area contributed by atoms with Crippen LogP contribution in [0.4, 0.5) is 23.8 Å². The molecular weight excluding hydrogens is 798 g/mol. The van der Waals surface area contributed by atoms with Gasteiger partial charge in [0.15, 0.2) is 0 Å². The Balaban J connectivity index is 1.44. The number of benzene rings is 1. The summed E-state index contributed by atoms with van der Waals surface area (Å²) in [5.41, 5.74) is -4.74. The van der Waals surface area contributed by atoms with Crippen LogP contribution in [-0.2, 0) is 24.4 Å². The molecule has 2 saturated carbocycles. The Labute approximate surface area is 341 Å². The second-order valence-electron chi connectivity index (χ2n) is 17.2. The summed E-state index contributed by atoms with van der Waals surface area (Å²) in [5, 5.41) is 13.7. The van der Waals surface area contributed by atoms with Gasteiger partial charge in [-0.25, -0.2) is 13.2 Å². The van der Waals surface area contributed by atoms with Gasteiger partial charge in [-0.3, -0.25) is 24.0 Å². The quantitative estimate of drug-likeness (QED) is 0.293. The average molecular weight is 851 g/mol. The number of amides is 4. The molecule has 3 heterocycles. The molecular formula is C40H53F3N6O9S. The number of allylic oxidation sites excluding steroid dienone is 1. The minimum absolute atomic E-state index is 0.0559. The van der Waals surface area contributed by atoms with Crippen molar-refractivity contribution in [2.24, 2.45) is 17.8 Å². The van der Waals surface area contributed by atoms with E-state index < -0.39 is 86.4 Å². The molecule has 4 amide bonds. The van der Waals surface area contributed by atoms with E-state index in [1.807, 2.05) is 19.1 Å². The second-order valence-corrected chi connectivity index (χ2v) is 19.1. The number of carbonyl (C=O) groups excluding carboxylic acids is 3. The highest BCUT2D eigenvalue weighted by molar-refractivity contribution is 7.91. The molecule has 0 radical (unpaired) electrons. The molecule has 2 aliphatic heterocycles. The van der Waals surface area contributed by atoms with Crippen molar-refractivity contribution in [2.45, 2.75) is 113 Å². The minimum atomic E-state index is -5.10. The second kappa shape index (κ2) is 16.0. The van der Waals surface area contributed by atoms with E-state index in [9.17, 15) is 41.1 Å². The Morgan fingerprint density at radius 2 is 1.78 bits per heavy atom. The Kier molecular flexibility index (Phi) is 11.9. The number of nitrogens with zero attached hydrogens (tertiary/aromatic N) is 4. The van der Waals surface area contributed by atoms with E-state index in [4.69, 9.17) is 9.47 Å². The molecule has 0 spiro atoms. The molecule has 2 aliphatic carbocycles. The molecule has 59 heavy (non-hydrogen) atoms. The van der Waals surface area contributed by atoms with E-state index in [0.29, 0.717) is 61.9 Å². The van der Waals surface area contributed by atoms with Crippen molar-refractivity contribution in [2.75, 3.05) is 32.6 Å². The number of anilines is 1. The van der Waals surface area contributed by atoms with E-state index >= 15 is 4.79 Å². The summed E-state index contributed by atoms with van der Waals surface area (Å²) in [7, 11) is 1.04. The molecule has 0 unspecified atom stereocenters. The van der Waals surface area contributed by atoms with Crippen molar-refractivity contribution in [3.63, 3.8) is 0 Å². The lowest BCUT2D eigenvalue weighted by molar-refractivity contribution is -0.222. The lowest BCUT2D eigenvalue weighted by Crippen LogP contribution is -2.66. The Morgan fingerprint density at radius 1 is 1.08 bits per heavy atom. The molecule has 3 N–H and O–H groups in total. The number of ether oxygens (including phenoxy) is 2. The SMILES string of the molecule is COc1ccc2c(O[C@@H]3C[C@H]4C(=O)N[C@]5(C(=O)NS(=O)(=O)C6CC6)C[C@H]5C=CCC[C@@H](C)C[C@@H](C)[C@H](N(C(=O)O)C(C)(C)C(F)(F)F)C(=O)N4C3)nc(N(C)C)cc2c1. The van der Waals surface area contributed by atoms with Crippen LogP contribution in [0.5, 0.6) is 11.6 Å². The van der Waals surface area contributed by atoms with Crippen molar-refractivity contribution >= 4 is 50.4 Å². The molecule has 1 saturated heterocycles. The summed E-state index contributed by atoms with van der Waals surface area (Å²) in [5.74, 6) is -3.41.